The van der Waals surface area contributed by atoms with Crippen molar-refractivity contribution in [1.82, 2.24) is 5.32 Å². The summed E-state index contributed by atoms with van der Waals surface area (Å²) in [6, 6.07) is 15.2. The molecule has 0 spiro atoms. The second-order valence-electron chi connectivity index (χ2n) is 6.56. The van der Waals surface area contributed by atoms with Gasteiger partial charge in [-0.25, -0.2) is 0 Å². The number of hydrogen-bond donors (Lipinski definition) is 2. The van der Waals surface area contributed by atoms with Gasteiger partial charge in [0.15, 0.2) is 11.5 Å². The Hall–Kier alpha value is -2.24. The van der Waals surface area contributed by atoms with Gasteiger partial charge in [-0.15, -0.1) is 12.4 Å². The molecule has 1 aliphatic carbocycles. The third kappa shape index (κ3) is 5.62. The van der Waals surface area contributed by atoms with Gasteiger partial charge in [0.2, 0.25) is 0 Å². The number of carbonyl (C=O) groups excluding carboxylic acids is 1. The molecule has 1 aliphatic rings. The van der Waals surface area contributed by atoms with Crippen LogP contribution in [0.3, 0.4) is 0 Å². The summed E-state index contributed by atoms with van der Waals surface area (Å²) in [6.45, 7) is 2.47. The number of nitrogens with two attached hydrogens (primary N) is 1. The Labute approximate surface area is 166 Å². The van der Waals surface area contributed by atoms with E-state index in [4.69, 9.17) is 15.2 Å². The van der Waals surface area contributed by atoms with Gasteiger partial charge in [-0.1, -0.05) is 24.3 Å². The van der Waals surface area contributed by atoms with E-state index >= 15 is 0 Å². The number of amides is 1. The first-order valence-electron chi connectivity index (χ1n) is 9.22. The second kappa shape index (κ2) is 10.2. The summed E-state index contributed by atoms with van der Waals surface area (Å²) in [6.07, 6.45) is 3.74. The van der Waals surface area contributed by atoms with Gasteiger partial charge in [0, 0.05) is 12.1 Å². The zero-order chi connectivity index (χ0) is 18.4. The maximum absolute atomic E-state index is 12.8. The largest absolute Gasteiger partial charge is 0.490 e. The monoisotopic (exact) mass is 390 g/mol. The Bertz CT molecular complexity index is 746. The van der Waals surface area contributed by atoms with Gasteiger partial charge in [-0.05, 0) is 56.9 Å². The lowest BCUT2D eigenvalue weighted by atomic mass is 9.91. The summed E-state index contributed by atoms with van der Waals surface area (Å²) >= 11 is 0. The lowest BCUT2D eigenvalue weighted by Crippen LogP contribution is -2.40. The van der Waals surface area contributed by atoms with Crippen LogP contribution in [0.2, 0.25) is 0 Å². The summed E-state index contributed by atoms with van der Waals surface area (Å²) in [7, 11) is 0. The van der Waals surface area contributed by atoms with Crippen LogP contribution in [-0.4, -0.2) is 24.6 Å². The molecule has 3 N–H and O–H groups in total. The maximum atomic E-state index is 12.8. The number of nitrogens with one attached hydrogen (secondary N) is 1. The van der Waals surface area contributed by atoms with Crippen LogP contribution >= 0.6 is 12.4 Å². The van der Waals surface area contributed by atoms with Gasteiger partial charge >= 0.3 is 0 Å². The first kappa shape index (κ1) is 21.1. The minimum absolute atomic E-state index is 0. The van der Waals surface area contributed by atoms with Crippen molar-refractivity contribution < 1.29 is 14.3 Å². The molecule has 0 aliphatic heterocycles. The van der Waals surface area contributed by atoms with Gasteiger partial charge in [0.1, 0.15) is 5.75 Å². The quantitative estimate of drug-likeness (QED) is 0.771. The fraction of sp³-hybridized carbons (Fsp3) is 0.381. The third-order valence-electron chi connectivity index (χ3n) is 4.61. The molecule has 0 bridgehead atoms. The van der Waals surface area contributed by atoms with Crippen LogP contribution in [-0.2, 0) is 0 Å². The molecule has 1 fully saturated rings. The van der Waals surface area contributed by atoms with Gasteiger partial charge in [0.25, 0.3) is 5.91 Å². The second-order valence-corrected chi connectivity index (χ2v) is 6.56. The summed E-state index contributed by atoms with van der Waals surface area (Å²) in [5.41, 5.74) is 6.47. The van der Waals surface area contributed by atoms with Crippen molar-refractivity contribution >= 4 is 18.3 Å². The van der Waals surface area contributed by atoms with Crippen LogP contribution in [0.15, 0.2) is 48.5 Å². The molecule has 0 heterocycles. The maximum Gasteiger partial charge on any atom is 0.255 e. The number of rotatable bonds is 6. The average molecular weight is 391 g/mol. The Kier molecular flexibility index (Phi) is 7.95. The van der Waals surface area contributed by atoms with Crippen LogP contribution in [0.5, 0.6) is 17.2 Å². The van der Waals surface area contributed by atoms with Crippen LogP contribution in [0.1, 0.15) is 43.0 Å². The van der Waals surface area contributed by atoms with E-state index in [2.05, 4.69) is 5.32 Å². The van der Waals surface area contributed by atoms with E-state index in [1.807, 2.05) is 43.3 Å². The number of hydrogen-bond acceptors (Lipinski definition) is 4. The number of para-hydroxylation sites is 3. The van der Waals surface area contributed by atoms with Crippen molar-refractivity contribution in [2.24, 2.45) is 5.73 Å². The lowest BCUT2D eigenvalue weighted by Gasteiger charge is -2.27. The van der Waals surface area contributed by atoms with Crippen molar-refractivity contribution in [2.75, 3.05) is 6.61 Å². The van der Waals surface area contributed by atoms with Gasteiger partial charge < -0.3 is 20.5 Å². The van der Waals surface area contributed by atoms with Crippen molar-refractivity contribution in [3.63, 3.8) is 0 Å². The normalized spacial score (nSPS) is 18.9. The van der Waals surface area contributed by atoms with E-state index < -0.39 is 0 Å². The molecule has 27 heavy (non-hydrogen) atoms. The van der Waals surface area contributed by atoms with E-state index in [0.29, 0.717) is 29.4 Å². The predicted molar refractivity (Wildman–Crippen MR) is 109 cm³/mol. The molecular formula is C21H27ClN2O3. The third-order valence-corrected chi connectivity index (χ3v) is 4.61. The summed E-state index contributed by atoms with van der Waals surface area (Å²) < 4.78 is 11.6. The number of carbonyl (C=O) groups is 1. The van der Waals surface area contributed by atoms with Gasteiger partial charge in [-0.2, -0.15) is 0 Å². The molecule has 6 heteroatoms. The van der Waals surface area contributed by atoms with Crippen molar-refractivity contribution in [1.29, 1.82) is 0 Å². The molecule has 0 atom stereocenters. The van der Waals surface area contributed by atoms with E-state index in [1.54, 1.807) is 12.1 Å². The van der Waals surface area contributed by atoms with E-state index in [1.165, 1.54) is 0 Å². The van der Waals surface area contributed by atoms with Gasteiger partial charge in [0.05, 0.1) is 12.2 Å². The summed E-state index contributed by atoms with van der Waals surface area (Å²) in [4.78, 5) is 12.8. The molecule has 0 radical (unpaired) electrons. The minimum atomic E-state index is -0.116. The standard InChI is InChI=1S/C21H26N2O3.ClH/c1-2-25-19-9-5-6-10-20(19)26-18-8-4-3-7-17(18)21(24)23-16-13-11-15(22)12-14-16;/h3-10,15-16H,2,11-14,22H2,1H3,(H,23,24);1H. The molecule has 2 aromatic carbocycles. The lowest BCUT2D eigenvalue weighted by molar-refractivity contribution is 0.0923. The Morgan fingerprint density at radius 2 is 1.59 bits per heavy atom. The molecule has 0 aromatic heterocycles. The summed E-state index contributed by atoms with van der Waals surface area (Å²) in [5.74, 6) is 1.66. The molecule has 1 amide bonds. The van der Waals surface area contributed by atoms with E-state index in [0.717, 1.165) is 25.7 Å². The van der Waals surface area contributed by atoms with E-state index in [9.17, 15) is 4.79 Å². The summed E-state index contributed by atoms with van der Waals surface area (Å²) in [5, 5.41) is 3.12. The Morgan fingerprint density at radius 1 is 1.00 bits per heavy atom. The molecule has 0 unspecified atom stereocenters. The Balaban J connectivity index is 0.00000261. The molecule has 5 nitrogen and oxygen atoms in total. The highest BCUT2D eigenvalue weighted by molar-refractivity contribution is 5.97. The zero-order valence-corrected chi connectivity index (χ0v) is 16.3. The zero-order valence-electron chi connectivity index (χ0n) is 15.5. The van der Waals surface area contributed by atoms with Crippen molar-refractivity contribution in [2.45, 2.75) is 44.7 Å². The van der Waals surface area contributed by atoms with Crippen molar-refractivity contribution in [3.8, 4) is 17.2 Å². The highest BCUT2D eigenvalue weighted by atomic mass is 35.5. The van der Waals surface area contributed by atoms with Gasteiger partial charge in [-0.3, -0.25) is 4.79 Å². The smallest absolute Gasteiger partial charge is 0.255 e. The molecule has 3 rings (SSSR count). The number of halogens is 1. The molecule has 0 saturated heterocycles. The van der Waals surface area contributed by atoms with Crippen LogP contribution < -0.4 is 20.5 Å². The molecule has 146 valence electrons. The number of benzene rings is 2. The highest BCUT2D eigenvalue weighted by Gasteiger charge is 2.22. The topological polar surface area (TPSA) is 73.6 Å². The highest BCUT2D eigenvalue weighted by Crippen LogP contribution is 2.33. The van der Waals surface area contributed by atoms with Crippen molar-refractivity contribution in [3.05, 3.63) is 54.1 Å². The molecule has 2 aromatic rings. The Morgan fingerprint density at radius 3 is 2.26 bits per heavy atom. The fourth-order valence-corrected chi connectivity index (χ4v) is 3.20. The van der Waals surface area contributed by atoms with Crippen LogP contribution in [0.4, 0.5) is 0 Å². The molecular weight excluding hydrogens is 364 g/mol. The average Bonchev–Trinajstić information content (AvgIpc) is 2.66. The van der Waals surface area contributed by atoms with E-state index in [-0.39, 0.29) is 30.4 Å². The van der Waals surface area contributed by atoms with Crippen LogP contribution in [0, 0.1) is 0 Å². The minimum Gasteiger partial charge on any atom is -0.490 e. The van der Waals surface area contributed by atoms with Crippen LogP contribution in [0.25, 0.3) is 0 Å². The first-order valence-corrected chi connectivity index (χ1v) is 9.22. The molecule has 1 saturated carbocycles. The fourth-order valence-electron chi connectivity index (χ4n) is 3.20. The first-order chi connectivity index (χ1) is 12.7. The number of ether oxygens (including phenoxy) is 2. The SMILES string of the molecule is CCOc1ccccc1Oc1ccccc1C(=O)NC1CCC(N)CC1.Cl. The predicted octanol–water partition coefficient (Wildman–Crippen LogP) is 4.30.